The van der Waals surface area contributed by atoms with Gasteiger partial charge in [0.15, 0.2) is 0 Å². The Morgan fingerprint density at radius 1 is 1.00 bits per heavy atom. The van der Waals surface area contributed by atoms with E-state index in [2.05, 4.69) is 11.8 Å². The van der Waals surface area contributed by atoms with Crippen molar-refractivity contribution in [2.24, 2.45) is 17.3 Å². The summed E-state index contributed by atoms with van der Waals surface area (Å²) in [5.41, 5.74) is 3.63. The first kappa shape index (κ1) is 21.0. The fraction of sp³-hybridized carbons (Fsp3) is 0.593. The smallest absolute Gasteiger partial charge is 0.148 e. The highest BCUT2D eigenvalue weighted by atomic mass is 16.2. The number of ketones is 3. The Morgan fingerprint density at radius 2 is 1.57 bits per heavy atom. The predicted molar refractivity (Wildman–Crippen MR) is 117 cm³/mol. The zero-order valence-electron chi connectivity index (χ0n) is 18.5. The van der Waals surface area contributed by atoms with Gasteiger partial charge in [-0.1, -0.05) is 5.92 Å². The van der Waals surface area contributed by atoms with Gasteiger partial charge in [0.2, 0.25) is 0 Å². The van der Waals surface area contributed by atoms with Gasteiger partial charge in [-0.2, -0.15) is 0 Å². The molecule has 1 aromatic rings. The minimum atomic E-state index is -0.617. The van der Waals surface area contributed by atoms with Gasteiger partial charge in [0.05, 0.1) is 0 Å². The lowest BCUT2D eigenvalue weighted by atomic mass is 9.59. The van der Waals surface area contributed by atoms with Crippen molar-refractivity contribution in [1.82, 2.24) is 0 Å². The van der Waals surface area contributed by atoms with E-state index in [0.717, 1.165) is 60.8 Å². The summed E-state index contributed by atoms with van der Waals surface area (Å²) in [5.74, 6) is 6.75. The predicted octanol–water partition coefficient (Wildman–Crippen LogP) is 5.24. The van der Waals surface area contributed by atoms with Crippen LogP contribution in [0.2, 0.25) is 0 Å². The summed E-state index contributed by atoms with van der Waals surface area (Å²) in [4.78, 5) is 38.7. The van der Waals surface area contributed by atoms with E-state index < -0.39 is 5.92 Å². The molecule has 158 valence electrons. The number of Topliss-reactive ketones (excluding diaryl/α,β-unsaturated/α-hetero) is 3. The summed E-state index contributed by atoms with van der Waals surface area (Å²) in [5, 5.41) is 0. The third-order valence-electron chi connectivity index (χ3n) is 7.58. The van der Waals surface area contributed by atoms with Gasteiger partial charge in [0, 0.05) is 30.7 Å². The number of hydrogen-bond acceptors (Lipinski definition) is 3. The average Bonchev–Trinajstić information content (AvgIpc) is 3.51. The van der Waals surface area contributed by atoms with Crippen LogP contribution in [-0.4, -0.2) is 17.3 Å². The van der Waals surface area contributed by atoms with Crippen LogP contribution in [0.15, 0.2) is 12.1 Å². The van der Waals surface area contributed by atoms with Gasteiger partial charge in [-0.25, -0.2) is 0 Å². The Balaban J connectivity index is 1.46. The number of aryl methyl sites for hydroxylation is 2. The lowest BCUT2D eigenvalue weighted by Gasteiger charge is -2.43. The lowest BCUT2D eigenvalue weighted by molar-refractivity contribution is -0.138. The SMILES string of the molecule is CC#Cc1cc(C)c(C2C(=O)CC3(CCC(CC(=O)C4CC4)CC3)CC2=O)c(C)c1. The molecule has 0 atom stereocenters. The van der Waals surface area contributed by atoms with Crippen LogP contribution in [0.5, 0.6) is 0 Å². The molecule has 0 saturated heterocycles. The van der Waals surface area contributed by atoms with E-state index in [9.17, 15) is 14.4 Å². The topological polar surface area (TPSA) is 51.2 Å². The molecular weight excluding hydrogens is 372 g/mol. The van der Waals surface area contributed by atoms with E-state index in [4.69, 9.17) is 0 Å². The van der Waals surface area contributed by atoms with Crippen LogP contribution in [0.4, 0.5) is 0 Å². The maximum Gasteiger partial charge on any atom is 0.148 e. The molecule has 3 nitrogen and oxygen atoms in total. The molecule has 0 aliphatic heterocycles. The van der Waals surface area contributed by atoms with Crippen LogP contribution >= 0.6 is 0 Å². The highest BCUT2D eigenvalue weighted by Crippen LogP contribution is 2.51. The summed E-state index contributed by atoms with van der Waals surface area (Å²) in [6.07, 6.45) is 7.63. The fourth-order valence-electron chi connectivity index (χ4n) is 5.86. The number of carbonyl (C=O) groups is 3. The van der Waals surface area contributed by atoms with E-state index in [1.54, 1.807) is 0 Å². The van der Waals surface area contributed by atoms with Crippen molar-refractivity contribution in [3.05, 3.63) is 34.4 Å². The first-order valence-corrected chi connectivity index (χ1v) is 11.4. The molecule has 3 aliphatic rings. The van der Waals surface area contributed by atoms with E-state index in [-0.39, 0.29) is 17.0 Å². The van der Waals surface area contributed by atoms with Crippen LogP contribution in [0.1, 0.15) is 92.9 Å². The summed E-state index contributed by atoms with van der Waals surface area (Å²) in [7, 11) is 0. The lowest BCUT2D eigenvalue weighted by Crippen LogP contribution is -2.42. The standard InChI is InChI=1S/C27H32O3/c1-4-5-20-12-17(2)25(18(3)13-20)26-23(29)15-27(16-24(26)30)10-8-19(9-11-27)14-22(28)21-6-7-21/h12-13,19,21,26H,6-11,14-16H2,1-3H3. The van der Waals surface area contributed by atoms with Crippen molar-refractivity contribution >= 4 is 17.3 Å². The Bertz CT molecular complexity index is 903. The number of carbonyl (C=O) groups excluding carboxylic acids is 3. The molecule has 0 aromatic heterocycles. The van der Waals surface area contributed by atoms with Crippen molar-refractivity contribution in [3.8, 4) is 11.8 Å². The zero-order chi connectivity index (χ0) is 21.5. The Hall–Kier alpha value is -2.21. The fourth-order valence-corrected chi connectivity index (χ4v) is 5.86. The Morgan fingerprint density at radius 3 is 2.07 bits per heavy atom. The van der Waals surface area contributed by atoms with Crippen LogP contribution in [0.3, 0.4) is 0 Å². The van der Waals surface area contributed by atoms with Crippen molar-refractivity contribution in [2.45, 2.75) is 84.5 Å². The average molecular weight is 405 g/mol. The first-order chi connectivity index (χ1) is 14.3. The van der Waals surface area contributed by atoms with Crippen molar-refractivity contribution in [1.29, 1.82) is 0 Å². The number of hydrogen-bond donors (Lipinski definition) is 0. The van der Waals surface area contributed by atoms with Crippen LogP contribution in [0.25, 0.3) is 0 Å². The third-order valence-corrected chi connectivity index (χ3v) is 7.58. The molecule has 3 aliphatic carbocycles. The molecule has 3 heteroatoms. The second-order valence-corrected chi connectivity index (χ2v) is 10.0. The largest absolute Gasteiger partial charge is 0.299 e. The van der Waals surface area contributed by atoms with Gasteiger partial charge in [0.1, 0.15) is 23.3 Å². The molecule has 0 radical (unpaired) electrons. The van der Waals surface area contributed by atoms with Crippen molar-refractivity contribution in [2.75, 3.05) is 0 Å². The summed E-state index contributed by atoms with van der Waals surface area (Å²) in [6, 6.07) is 3.98. The molecule has 1 spiro atoms. The van der Waals surface area contributed by atoms with Crippen molar-refractivity contribution < 1.29 is 14.4 Å². The monoisotopic (exact) mass is 404 g/mol. The van der Waals surface area contributed by atoms with E-state index in [0.29, 0.717) is 36.9 Å². The van der Waals surface area contributed by atoms with Gasteiger partial charge in [0.25, 0.3) is 0 Å². The highest BCUT2D eigenvalue weighted by molar-refractivity contribution is 6.10. The van der Waals surface area contributed by atoms with E-state index >= 15 is 0 Å². The van der Waals surface area contributed by atoms with E-state index in [1.807, 2.05) is 32.9 Å². The normalized spacial score (nSPS) is 28.9. The van der Waals surface area contributed by atoms with Crippen LogP contribution in [-0.2, 0) is 14.4 Å². The molecule has 0 heterocycles. The molecule has 4 rings (SSSR count). The quantitative estimate of drug-likeness (QED) is 0.510. The van der Waals surface area contributed by atoms with Crippen molar-refractivity contribution in [3.63, 3.8) is 0 Å². The van der Waals surface area contributed by atoms with E-state index in [1.165, 1.54) is 0 Å². The molecule has 1 aromatic carbocycles. The minimum Gasteiger partial charge on any atom is -0.299 e. The van der Waals surface area contributed by atoms with Gasteiger partial charge in [-0.05, 0) is 99.5 Å². The summed E-state index contributed by atoms with van der Waals surface area (Å²) < 4.78 is 0. The Labute approximate surface area is 180 Å². The molecule has 0 N–H and O–H groups in total. The van der Waals surface area contributed by atoms with Gasteiger partial charge >= 0.3 is 0 Å². The maximum absolute atomic E-state index is 13.2. The molecule has 30 heavy (non-hydrogen) atoms. The minimum absolute atomic E-state index is 0.0827. The second-order valence-electron chi connectivity index (χ2n) is 10.0. The Kier molecular flexibility index (Phi) is 5.71. The molecular formula is C27H32O3. The molecule has 0 amide bonds. The zero-order valence-corrected chi connectivity index (χ0v) is 18.5. The number of benzene rings is 1. The maximum atomic E-state index is 13.2. The van der Waals surface area contributed by atoms with Crippen LogP contribution < -0.4 is 0 Å². The summed E-state index contributed by atoms with van der Waals surface area (Å²) in [6.45, 7) is 5.77. The number of rotatable bonds is 4. The molecule has 3 saturated carbocycles. The molecule has 0 bridgehead atoms. The van der Waals surface area contributed by atoms with Gasteiger partial charge in [-0.15, -0.1) is 5.92 Å². The first-order valence-electron chi connectivity index (χ1n) is 11.4. The summed E-state index contributed by atoms with van der Waals surface area (Å²) >= 11 is 0. The highest BCUT2D eigenvalue weighted by Gasteiger charge is 2.47. The third kappa shape index (κ3) is 4.15. The van der Waals surface area contributed by atoms with Gasteiger partial charge in [-0.3, -0.25) is 14.4 Å². The molecule has 3 fully saturated rings. The van der Waals surface area contributed by atoms with Crippen LogP contribution in [0, 0.1) is 42.9 Å². The van der Waals surface area contributed by atoms with Gasteiger partial charge < -0.3 is 0 Å². The molecule has 0 unspecified atom stereocenters. The second kappa shape index (κ2) is 8.14.